The average molecular weight is 564 g/mol. The Labute approximate surface area is 229 Å². The third kappa shape index (κ3) is 8.26. The Morgan fingerprint density at radius 3 is 2.34 bits per heavy atom. The topological polar surface area (TPSA) is 61.4 Å². The Hall–Kier alpha value is -3.49. The number of hydrogen-bond donors (Lipinski definition) is 2. The molecule has 0 aliphatic heterocycles. The minimum Gasteiger partial charge on any atom is -0.370 e. The molecule has 0 aliphatic rings. The van der Waals surface area contributed by atoms with Crippen molar-refractivity contribution >= 4 is 46.8 Å². The lowest BCUT2D eigenvalue weighted by molar-refractivity contribution is -0.137. The van der Waals surface area contributed by atoms with Crippen LogP contribution in [0.3, 0.4) is 0 Å². The molecule has 0 aromatic heterocycles. The molecule has 3 rings (SSSR count). The van der Waals surface area contributed by atoms with Gasteiger partial charge in [-0.25, -0.2) is 0 Å². The van der Waals surface area contributed by atoms with Crippen molar-refractivity contribution in [3.8, 4) is 0 Å². The normalized spacial score (nSPS) is 11.7. The summed E-state index contributed by atoms with van der Waals surface area (Å²) in [7, 11) is 0. The highest BCUT2D eigenvalue weighted by Crippen LogP contribution is 2.31. The minimum atomic E-state index is -4.46. The van der Waals surface area contributed by atoms with Gasteiger partial charge < -0.3 is 15.5 Å². The lowest BCUT2D eigenvalue weighted by atomic mass is 10.1. The Kier molecular flexibility index (Phi) is 10.2. The van der Waals surface area contributed by atoms with E-state index in [0.29, 0.717) is 34.8 Å². The van der Waals surface area contributed by atoms with Crippen LogP contribution in [-0.2, 0) is 11.0 Å². The smallest absolute Gasteiger partial charge is 0.370 e. The maximum atomic E-state index is 13.2. The molecule has 0 spiro atoms. The first-order chi connectivity index (χ1) is 18.1. The third-order valence-electron chi connectivity index (χ3n) is 5.49. The highest BCUT2D eigenvalue weighted by Gasteiger charge is 2.30. The van der Waals surface area contributed by atoms with E-state index in [1.807, 2.05) is 6.92 Å². The third-order valence-corrected chi connectivity index (χ3v) is 6.05. The summed E-state index contributed by atoms with van der Waals surface area (Å²) in [5.41, 5.74) is 0.424. The number of anilines is 1. The predicted molar refractivity (Wildman–Crippen MR) is 145 cm³/mol. The number of carbonyl (C=O) groups is 2. The lowest BCUT2D eigenvalue weighted by Gasteiger charge is -2.25. The summed E-state index contributed by atoms with van der Waals surface area (Å²) >= 11 is 12.2. The molecule has 5 nitrogen and oxygen atoms in total. The van der Waals surface area contributed by atoms with Gasteiger partial charge in [-0.15, -0.1) is 0 Å². The van der Waals surface area contributed by atoms with Crippen molar-refractivity contribution in [1.82, 2.24) is 10.6 Å². The molecule has 0 aliphatic carbocycles. The molecular formula is C28H26Cl2F3N3O2. The molecule has 200 valence electrons. The lowest BCUT2D eigenvalue weighted by Crippen LogP contribution is -2.39. The van der Waals surface area contributed by atoms with Gasteiger partial charge >= 0.3 is 6.18 Å². The summed E-state index contributed by atoms with van der Waals surface area (Å²) in [6, 6.07) is 18.2. The van der Waals surface area contributed by atoms with Gasteiger partial charge in [-0.2, -0.15) is 13.2 Å². The molecule has 0 bridgehead atoms. The quantitative estimate of drug-likeness (QED) is 0.266. The Morgan fingerprint density at radius 2 is 1.68 bits per heavy atom. The summed E-state index contributed by atoms with van der Waals surface area (Å²) in [5, 5.41) is 6.06. The van der Waals surface area contributed by atoms with Gasteiger partial charge in [0, 0.05) is 40.9 Å². The molecule has 0 saturated heterocycles. The zero-order valence-corrected chi connectivity index (χ0v) is 22.0. The fourth-order valence-electron chi connectivity index (χ4n) is 3.63. The van der Waals surface area contributed by atoms with Crippen LogP contribution in [0.1, 0.15) is 34.8 Å². The van der Waals surface area contributed by atoms with Gasteiger partial charge in [0.15, 0.2) is 0 Å². The minimum absolute atomic E-state index is 0.0517. The number of benzene rings is 3. The summed E-state index contributed by atoms with van der Waals surface area (Å²) in [4.78, 5) is 27.7. The second kappa shape index (κ2) is 13.3. The molecule has 0 radical (unpaired) electrons. The second-order valence-corrected chi connectivity index (χ2v) is 9.18. The number of alkyl halides is 3. The molecule has 0 heterocycles. The number of hydrogen-bond acceptors (Lipinski definition) is 3. The summed E-state index contributed by atoms with van der Waals surface area (Å²) in [5.74, 6) is -1.07. The number of amides is 2. The SMILES string of the molecule is CCCN(CCNC(=O)/C(=C/c1ccc(Cl)cc1Cl)NC(=O)c1ccccc1)c1cccc(C(F)(F)F)c1. The van der Waals surface area contributed by atoms with E-state index in [1.54, 1.807) is 53.4 Å². The molecule has 10 heteroatoms. The Morgan fingerprint density at radius 1 is 0.947 bits per heavy atom. The first-order valence-electron chi connectivity index (χ1n) is 11.8. The first-order valence-corrected chi connectivity index (χ1v) is 12.6. The van der Waals surface area contributed by atoms with Crippen molar-refractivity contribution in [2.24, 2.45) is 0 Å². The van der Waals surface area contributed by atoms with Crippen molar-refractivity contribution in [3.63, 3.8) is 0 Å². The maximum absolute atomic E-state index is 13.2. The number of carbonyl (C=O) groups excluding carboxylic acids is 2. The van der Waals surface area contributed by atoms with Crippen LogP contribution in [0, 0.1) is 0 Å². The van der Waals surface area contributed by atoms with E-state index in [9.17, 15) is 22.8 Å². The highest BCUT2D eigenvalue weighted by molar-refractivity contribution is 6.35. The van der Waals surface area contributed by atoms with Crippen LogP contribution < -0.4 is 15.5 Å². The van der Waals surface area contributed by atoms with Gasteiger partial charge in [0.25, 0.3) is 11.8 Å². The fourth-order valence-corrected chi connectivity index (χ4v) is 4.10. The zero-order chi connectivity index (χ0) is 27.7. The van der Waals surface area contributed by atoms with Gasteiger partial charge in [0.2, 0.25) is 0 Å². The Balaban J connectivity index is 1.77. The monoisotopic (exact) mass is 563 g/mol. The van der Waals surface area contributed by atoms with Crippen molar-refractivity contribution < 1.29 is 22.8 Å². The zero-order valence-electron chi connectivity index (χ0n) is 20.5. The fraction of sp³-hybridized carbons (Fsp3) is 0.214. The van der Waals surface area contributed by atoms with E-state index in [1.165, 1.54) is 18.2 Å². The van der Waals surface area contributed by atoms with Gasteiger partial charge in [0.1, 0.15) is 5.70 Å². The first kappa shape index (κ1) is 29.1. The molecular weight excluding hydrogens is 538 g/mol. The van der Waals surface area contributed by atoms with Crippen molar-refractivity contribution in [2.75, 3.05) is 24.5 Å². The molecule has 0 unspecified atom stereocenters. The molecule has 0 atom stereocenters. The van der Waals surface area contributed by atoms with Crippen LogP contribution in [0.4, 0.5) is 18.9 Å². The van der Waals surface area contributed by atoms with E-state index in [-0.39, 0.29) is 23.8 Å². The Bertz CT molecular complexity index is 1300. The standard InChI is InChI=1S/C28H26Cl2F3N3O2/c1-2-14-36(23-10-6-9-21(17-23)28(31,32)33)15-13-34-27(38)25(16-20-11-12-22(29)18-24(20)30)35-26(37)19-7-4-3-5-8-19/h3-12,16-18H,2,13-15H2,1H3,(H,34,38)(H,35,37)/b25-16-. The predicted octanol–water partition coefficient (Wildman–Crippen LogP) is 6.82. The average Bonchev–Trinajstić information content (AvgIpc) is 2.89. The largest absolute Gasteiger partial charge is 0.416 e. The maximum Gasteiger partial charge on any atom is 0.416 e. The summed E-state index contributed by atoms with van der Waals surface area (Å²) in [6.07, 6.45) is -2.33. The molecule has 38 heavy (non-hydrogen) atoms. The van der Waals surface area contributed by atoms with E-state index < -0.39 is 23.6 Å². The van der Waals surface area contributed by atoms with Crippen LogP contribution in [-0.4, -0.2) is 31.4 Å². The number of halogens is 5. The summed E-state index contributed by atoms with van der Waals surface area (Å²) < 4.78 is 39.6. The van der Waals surface area contributed by atoms with E-state index >= 15 is 0 Å². The highest BCUT2D eigenvalue weighted by atomic mass is 35.5. The van der Waals surface area contributed by atoms with E-state index in [4.69, 9.17) is 23.2 Å². The number of nitrogens with zero attached hydrogens (tertiary/aromatic N) is 1. The van der Waals surface area contributed by atoms with Gasteiger partial charge in [-0.3, -0.25) is 9.59 Å². The number of nitrogens with one attached hydrogen (secondary N) is 2. The molecule has 0 saturated carbocycles. The van der Waals surface area contributed by atoms with Crippen LogP contribution in [0.15, 0.2) is 78.5 Å². The molecule has 0 fully saturated rings. The van der Waals surface area contributed by atoms with Crippen LogP contribution in [0.2, 0.25) is 10.0 Å². The second-order valence-electron chi connectivity index (χ2n) is 8.34. The van der Waals surface area contributed by atoms with Crippen LogP contribution in [0.5, 0.6) is 0 Å². The molecule has 2 N–H and O–H groups in total. The molecule has 3 aromatic carbocycles. The summed E-state index contributed by atoms with van der Waals surface area (Å²) in [6.45, 7) is 2.77. The van der Waals surface area contributed by atoms with Crippen molar-refractivity contribution in [1.29, 1.82) is 0 Å². The van der Waals surface area contributed by atoms with E-state index in [2.05, 4.69) is 10.6 Å². The molecule has 2 amide bonds. The van der Waals surface area contributed by atoms with Crippen LogP contribution >= 0.6 is 23.2 Å². The van der Waals surface area contributed by atoms with E-state index in [0.717, 1.165) is 12.1 Å². The van der Waals surface area contributed by atoms with Gasteiger partial charge in [-0.1, -0.05) is 60.5 Å². The van der Waals surface area contributed by atoms with Gasteiger partial charge in [0.05, 0.1) is 5.56 Å². The van der Waals surface area contributed by atoms with Crippen molar-refractivity contribution in [2.45, 2.75) is 19.5 Å². The van der Waals surface area contributed by atoms with Gasteiger partial charge in [-0.05, 0) is 60.5 Å². The van der Waals surface area contributed by atoms with Crippen LogP contribution in [0.25, 0.3) is 6.08 Å². The van der Waals surface area contributed by atoms with Crippen molar-refractivity contribution in [3.05, 3.63) is 105 Å². The number of rotatable bonds is 10. The molecule has 3 aromatic rings.